The standard InChI is InChI=1S/C12H11N3O3/c16-9-3-1-2-8(4-9)5-15-12(18)10-6-14-11(17)7-13-10/h1-4,6-7,16H,5H2,(H,14,17)(H,15,18). The van der Waals surface area contributed by atoms with Crippen molar-refractivity contribution in [3.8, 4) is 5.75 Å². The first-order chi connectivity index (χ1) is 8.65. The summed E-state index contributed by atoms with van der Waals surface area (Å²) in [5.74, 6) is -0.251. The van der Waals surface area contributed by atoms with Crippen LogP contribution in [0.1, 0.15) is 16.1 Å². The molecule has 1 aromatic heterocycles. The number of hydrogen-bond acceptors (Lipinski definition) is 4. The van der Waals surface area contributed by atoms with Crippen molar-refractivity contribution in [3.05, 3.63) is 58.3 Å². The lowest BCUT2D eigenvalue weighted by Gasteiger charge is -2.04. The van der Waals surface area contributed by atoms with E-state index in [1.54, 1.807) is 24.3 Å². The molecule has 2 aromatic rings. The monoisotopic (exact) mass is 245 g/mol. The summed E-state index contributed by atoms with van der Waals surface area (Å²) >= 11 is 0. The Labute approximate surface area is 102 Å². The molecule has 0 fully saturated rings. The van der Waals surface area contributed by atoms with Gasteiger partial charge < -0.3 is 15.4 Å². The number of aromatic nitrogens is 2. The van der Waals surface area contributed by atoms with Gasteiger partial charge in [0.2, 0.25) is 0 Å². The molecule has 0 unspecified atom stereocenters. The highest BCUT2D eigenvalue weighted by molar-refractivity contribution is 5.91. The summed E-state index contributed by atoms with van der Waals surface area (Å²) in [6, 6.07) is 6.57. The number of benzene rings is 1. The topological polar surface area (TPSA) is 95.1 Å². The van der Waals surface area contributed by atoms with Crippen LogP contribution in [0.15, 0.2) is 41.5 Å². The highest BCUT2D eigenvalue weighted by Gasteiger charge is 2.06. The fourth-order valence-electron chi connectivity index (χ4n) is 1.41. The van der Waals surface area contributed by atoms with E-state index in [0.29, 0.717) is 0 Å². The van der Waals surface area contributed by atoms with Crippen molar-refractivity contribution < 1.29 is 9.90 Å². The molecule has 1 amide bonds. The Balaban J connectivity index is 2.00. The smallest absolute Gasteiger partial charge is 0.271 e. The van der Waals surface area contributed by atoms with E-state index in [2.05, 4.69) is 15.3 Å². The van der Waals surface area contributed by atoms with Crippen LogP contribution in [-0.2, 0) is 6.54 Å². The molecule has 0 aliphatic rings. The number of rotatable bonds is 3. The zero-order valence-electron chi connectivity index (χ0n) is 9.38. The molecule has 1 heterocycles. The molecule has 2 rings (SSSR count). The minimum Gasteiger partial charge on any atom is -0.508 e. The summed E-state index contributed by atoms with van der Waals surface area (Å²) in [5, 5.41) is 11.9. The maximum Gasteiger partial charge on any atom is 0.271 e. The lowest BCUT2D eigenvalue weighted by Crippen LogP contribution is -2.25. The first kappa shape index (κ1) is 11.8. The number of nitrogens with one attached hydrogen (secondary N) is 2. The zero-order chi connectivity index (χ0) is 13.0. The second-order valence-electron chi connectivity index (χ2n) is 3.65. The van der Waals surface area contributed by atoms with Crippen molar-refractivity contribution in [2.75, 3.05) is 0 Å². The van der Waals surface area contributed by atoms with Gasteiger partial charge in [0.05, 0.1) is 6.20 Å². The predicted molar refractivity (Wildman–Crippen MR) is 64.1 cm³/mol. The number of phenolic OH excluding ortho intramolecular Hbond substituents is 1. The Morgan fingerprint density at radius 2 is 2.28 bits per heavy atom. The average molecular weight is 245 g/mol. The SMILES string of the molecule is O=C(NCc1cccc(O)c1)c1c[nH]c(=O)cn1. The summed E-state index contributed by atoms with van der Waals surface area (Å²) in [7, 11) is 0. The molecule has 0 saturated heterocycles. The van der Waals surface area contributed by atoms with E-state index in [0.717, 1.165) is 11.8 Å². The second kappa shape index (κ2) is 5.13. The minimum atomic E-state index is -0.394. The highest BCUT2D eigenvalue weighted by atomic mass is 16.3. The molecule has 0 aliphatic heterocycles. The van der Waals surface area contributed by atoms with Gasteiger partial charge in [-0.25, -0.2) is 4.98 Å². The number of H-pyrrole nitrogens is 1. The highest BCUT2D eigenvalue weighted by Crippen LogP contribution is 2.10. The van der Waals surface area contributed by atoms with Crippen molar-refractivity contribution >= 4 is 5.91 Å². The third-order valence-electron chi connectivity index (χ3n) is 2.27. The lowest BCUT2D eigenvalue weighted by molar-refractivity contribution is 0.0945. The normalized spacial score (nSPS) is 10.0. The Hall–Kier alpha value is -2.63. The van der Waals surface area contributed by atoms with Crippen LogP contribution >= 0.6 is 0 Å². The van der Waals surface area contributed by atoms with Gasteiger partial charge in [0.25, 0.3) is 11.5 Å². The number of amides is 1. The van der Waals surface area contributed by atoms with Crippen LogP contribution in [0.5, 0.6) is 5.75 Å². The minimum absolute atomic E-state index is 0.134. The predicted octanol–water partition coefficient (Wildman–Crippen LogP) is 0.405. The van der Waals surface area contributed by atoms with Gasteiger partial charge in [0.15, 0.2) is 0 Å². The van der Waals surface area contributed by atoms with E-state index >= 15 is 0 Å². The van der Waals surface area contributed by atoms with Crippen molar-refractivity contribution in [1.29, 1.82) is 0 Å². The summed E-state index contributed by atoms with van der Waals surface area (Å²) in [6.07, 6.45) is 2.30. The maximum atomic E-state index is 11.7. The average Bonchev–Trinajstić information content (AvgIpc) is 2.37. The molecule has 3 N–H and O–H groups in total. The van der Waals surface area contributed by atoms with Gasteiger partial charge in [-0.15, -0.1) is 0 Å². The zero-order valence-corrected chi connectivity index (χ0v) is 9.38. The van der Waals surface area contributed by atoms with E-state index < -0.39 is 5.91 Å². The molecule has 0 bridgehead atoms. The number of hydrogen-bond donors (Lipinski definition) is 3. The lowest BCUT2D eigenvalue weighted by atomic mass is 10.2. The van der Waals surface area contributed by atoms with Gasteiger partial charge in [-0.3, -0.25) is 9.59 Å². The molecule has 1 aromatic carbocycles. The van der Waals surface area contributed by atoms with E-state index in [4.69, 9.17) is 0 Å². The molecule has 18 heavy (non-hydrogen) atoms. The van der Waals surface area contributed by atoms with E-state index in [1.165, 1.54) is 6.20 Å². The van der Waals surface area contributed by atoms with Crippen LogP contribution in [0, 0.1) is 0 Å². The molecular weight excluding hydrogens is 234 g/mol. The summed E-state index contributed by atoms with van der Waals surface area (Å²) in [5.41, 5.74) is 0.544. The first-order valence-corrected chi connectivity index (χ1v) is 5.26. The van der Waals surface area contributed by atoms with E-state index in [9.17, 15) is 14.7 Å². The number of aromatic amines is 1. The number of aromatic hydroxyl groups is 1. The molecule has 0 atom stereocenters. The Morgan fingerprint density at radius 3 is 2.94 bits per heavy atom. The fraction of sp³-hybridized carbons (Fsp3) is 0.0833. The van der Waals surface area contributed by atoms with Gasteiger partial charge in [-0.1, -0.05) is 12.1 Å². The summed E-state index contributed by atoms with van der Waals surface area (Å²) < 4.78 is 0. The summed E-state index contributed by atoms with van der Waals surface area (Å²) in [6.45, 7) is 0.272. The number of carbonyl (C=O) groups excluding carboxylic acids is 1. The molecule has 0 aliphatic carbocycles. The van der Waals surface area contributed by atoms with Crippen molar-refractivity contribution in [1.82, 2.24) is 15.3 Å². The van der Waals surface area contributed by atoms with Crippen LogP contribution in [0.25, 0.3) is 0 Å². The van der Waals surface area contributed by atoms with Crippen LogP contribution in [0.2, 0.25) is 0 Å². The number of phenols is 1. The molecular formula is C12H11N3O3. The molecule has 0 spiro atoms. The quantitative estimate of drug-likeness (QED) is 0.729. The van der Waals surface area contributed by atoms with Crippen LogP contribution in [-0.4, -0.2) is 21.0 Å². The Morgan fingerprint density at radius 1 is 1.44 bits per heavy atom. The molecule has 6 nitrogen and oxygen atoms in total. The van der Waals surface area contributed by atoms with Crippen molar-refractivity contribution in [2.45, 2.75) is 6.54 Å². The van der Waals surface area contributed by atoms with E-state index in [-0.39, 0.29) is 23.5 Å². The van der Waals surface area contributed by atoms with Gasteiger partial charge in [-0.05, 0) is 17.7 Å². The molecule has 6 heteroatoms. The van der Waals surface area contributed by atoms with Gasteiger partial charge in [0, 0.05) is 12.7 Å². The third-order valence-corrected chi connectivity index (χ3v) is 2.27. The fourth-order valence-corrected chi connectivity index (χ4v) is 1.41. The van der Waals surface area contributed by atoms with Crippen molar-refractivity contribution in [3.63, 3.8) is 0 Å². The largest absolute Gasteiger partial charge is 0.508 e. The van der Waals surface area contributed by atoms with Crippen LogP contribution in [0.4, 0.5) is 0 Å². The molecule has 0 radical (unpaired) electrons. The molecule has 92 valence electrons. The summed E-state index contributed by atoms with van der Waals surface area (Å²) in [4.78, 5) is 28.5. The van der Waals surface area contributed by atoms with E-state index in [1.807, 2.05) is 0 Å². The van der Waals surface area contributed by atoms with Gasteiger partial charge in [0.1, 0.15) is 11.4 Å². The number of nitrogens with zero attached hydrogens (tertiary/aromatic N) is 1. The molecule has 0 saturated carbocycles. The Kier molecular flexibility index (Phi) is 3.38. The van der Waals surface area contributed by atoms with Gasteiger partial charge >= 0.3 is 0 Å². The van der Waals surface area contributed by atoms with Crippen LogP contribution in [0.3, 0.4) is 0 Å². The number of carbonyl (C=O) groups is 1. The second-order valence-corrected chi connectivity index (χ2v) is 3.65. The first-order valence-electron chi connectivity index (χ1n) is 5.26. The maximum absolute atomic E-state index is 11.7. The van der Waals surface area contributed by atoms with Crippen molar-refractivity contribution in [2.24, 2.45) is 0 Å². The Bertz CT molecular complexity index is 601. The third kappa shape index (κ3) is 2.94. The van der Waals surface area contributed by atoms with Crippen LogP contribution < -0.4 is 10.9 Å². The van der Waals surface area contributed by atoms with Gasteiger partial charge in [-0.2, -0.15) is 0 Å².